The van der Waals surface area contributed by atoms with Crippen LogP contribution in [0.5, 0.6) is 0 Å². The third-order valence-electron chi connectivity index (χ3n) is 3.61. The number of rotatable bonds is 2. The zero-order valence-corrected chi connectivity index (χ0v) is 10.7. The van der Waals surface area contributed by atoms with Crippen LogP contribution >= 0.6 is 0 Å². The van der Waals surface area contributed by atoms with E-state index in [0.29, 0.717) is 12.1 Å². The van der Waals surface area contributed by atoms with Crippen molar-refractivity contribution in [2.24, 2.45) is 0 Å². The first-order chi connectivity index (χ1) is 8.81. The molecule has 1 saturated heterocycles. The Morgan fingerprint density at radius 1 is 1.11 bits per heavy atom. The lowest BCUT2D eigenvalue weighted by molar-refractivity contribution is 0.0232. The van der Waals surface area contributed by atoms with Gasteiger partial charge >= 0.3 is 0 Å². The van der Waals surface area contributed by atoms with E-state index in [0.717, 1.165) is 19.4 Å². The number of fused-ring (bicyclic) bond motifs is 1. The van der Waals surface area contributed by atoms with Gasteiger partial charge in [0.1, 0.15) is 0 Å². The molecule has 0 saturated carbocycles. The summed E-state index contributed by atoms with van der Waals surface area (Å²) in [7, 11) is 0. The van der Waals surface area contributed by atoms with E-state index in [1.807, 2.05) is 0 Å². The Balaban J connectivity index is 1.78. The van der Waals surface area contributed by atoms with Crippen LogP contribution in [-0.2, 0) is 4.74 Å². The van der Waals surface area contributed by atoms with Gasteiger partial charge in [-0.2, -0.15) is 0 Å². The average molecular weight is 241 g/mol. The normalized spacial score (nSPS) is 24.1. The van der Waals surface area contributed by atoms with Gasteiger partial charge in [-0.1, -0.05) is 30.3 Å². The largest absolute Gasteiger partial charge is 0.382 e. The van der Waals surface area contributed by atoms with Crippen LogP contribution in [0.25, 0.3) is 10.8 Å². The SMILES string of the molecule is CC1CC(Nc2ccc3ccccc3c2)CCO1. The molecule has 1 fully saturated rings. The van der Waals surface area contributed by atoms with Crippen LogP contribution in [0.4, 0.5) is 5.69 Å². The molecule has 1 aliphatic heterocycles. The Morgan fingerprint density at radius 3 is 2.78 bits per heavy atom. The first-order valence-corrected chi connectivity index (χ1v) is 6.68. The van der Waals surface area contributed by atoms with Gasteiger partial charge in [-0.05, 0) is 42.7 Å². The lowest BCUT2D eigenvalue weighted by Gasteiger charge is -2.28. The summed E-state index contributed by atoms with van der Waals surface area (Å²) in [5.74, 6) is 0. The Bertz CT molecular complexity index is 537. The Kier molecular flexibility index (Phi) is 3.20. The smallest absolute Gasteiger partial charge is 0.0566 e. The molecule has 2 aromatic rings. The Hall–Kier alpha value is -1.54. The lowest BCUT2D eigenvalue weighted by atomic mass is 10.0. The maximum absolute atomic E-state index is 5.58. The van der Waals surface area contributed by atoms with Crippen LogP contribution in [0.3, 0.4) is 0 Å². The molecule has 1 aliphatic rings. The minimum atomic E-state index is 0.372. The number of ether oxygens (including phenoxy) is 1. The molecule has 0 spiro atoms. The number of hydrogen-bond acceptors (Lipinski definition) is 2. The van der Waals surface area contributed by atoms with E-state index >= 15 is 0 Å². The highest BCUT2D eigenvalue weighted by atomic mass is 16.5. The molecular weight excluding hydrogens is 222 g/mol. The van der Waals surface area contributed by atoms with Crippen LogP contribution in [0.15, 0.2) is 42.5 Å². The van der Waals surface area contributed by atoms with Crippen LogP contribution in [-0.4, -0.2) is 18.8 Å². The third-order valence-corrected chi connectivity index (χ3v) is 3.61. The van der Waals surface area contributed by atoms with E-state index in [1.54, 1.807) is 0 Å². The number of nitrogens with one attached hydrogen (secondary N) is 1. The van der Waals surface area contributed by atoms with E-state index < -0.39 is 0 Å². The van der Waals surface area contributed by atoms with E-state index in [4.69, 9.17) is 4.74 Å². The highest BCUT2D eigenvalue weighted by molar-refractivity contribution is 5.85. The quantitative estimate of drug-likeness (QED) is 0.863. The van der Waals surface area contributed by atoms with Crippen molar-refractivity contribution in [1.82, 2.24) is 0 Å². The second-order valence-electron chi connectivity index (χ2n) is 5.11. The Labute approximate surface area is 108 Å². The fraction of sp³-hybridized carbons (Fsp3) is 0.375. The lowest BCUT2D eigenvalue weighted by Crippen LogP contribution is -2.32. The third kappa shape index (κ3) is 2.49. The predicted octanol–water partition coefficient (Wildman–Crippen LogP) is 3.82. The Morgan fingerprint density at radius 2 is 1.94 bits per heavy atom. The molecule has 2 unspecified atom stereocenters. The molecule has 94 valence electrons. The van der Waals surface area contributed by atoms with Crippen molar-refractivity contribution in [3.63, 3.8) is 0 Å². The van der Waals surface area contributed by atoms with Crippen molar-refractivity contribution in [2.75, 3.05) is 11.9 Å². The second-order valence-corrected chi connectivity index (χ2v) is 5.11. The van der Waals surface area contributed by atoms with Gasteiger partial charge < -0.3 is 10.1 Å². The highest BCUT2D eigenvalue weighted by Crippen LogP contribution is 2.22. The van der Waals surface area contributed by atoms with Crippen LogP contribution in [0.2, 0.25) is 0 Å². The second kappa shape index (κ2) is 4.99. The monoisotopic (exact) mass is 241 g/mol. The minimum absolute atomic E-state index is 0.372. The fourth-order valence-electron chi connectivity index (χ4n) is 2.64. The molecule has 2 nitrogen and oxygen atoms in total. The van der Waals surface area contributed by atoms with Crippen molar-refractivity contribution in [3.8, 4) is 0 Å². The van der Waals surface area contributed by atoms with E-state index in [1.165, 1.54) is 16.5 Å². The summed E-state index contributed by atoms with van der Waals surface area (Å²) in [5, 5.41) is 6.21. The number of anilines is 1. The van der Waals surface area contributed by atoms with Gasteiger partial charge in [0.25, 0.3) is 0 Å². The van der Waals surface area contributed by atoms with Gasteiger partial charge in [0.15, 0.2) is 0 Å². The fourth-order valence-corrected chi connectivity index (χ4v) is 2.64. The van der Waals surface area contributed by atoms with Gasteiger partial charge in [-0.15, -0.1) is 0 Å². The summed E-state index contributed by atoms with van der Waals surface area (Å²) in [6, 6.07) is 15.6. The van der Waals surface area contributed by atoms with Gasteiger partial charge in [0.05, 0.1) is 6.10 Å². The molecule has 0 amide bonds. The van der Waals surface area contributed by atoms with E-state index in [-0.39, 0.29) is 0 Å². The van der Waals surface area contributed by atoms with Gasteiger partial charge in [-0.3, -0.25) is 0 Å². The average Bonchev–Trinajstić information content (AvgIpc) is 2.39. The molecule has 0 aromatic heterocycles. The van der Waals surface area contributed by atoms with Gasteiger partial charge in [-0.25, -0.2) is 0 Å². The molecule has 0 aliphatic carbocycles. The molecule has 0 bridgehead atoms. The van der Waals surface area contributed by atoms with Crippen molar-refractivity contribution in [2.45, 2.75) is 31.9 Å². The summed E-state index contributed by atoms with van der Waals surface area (Å²) in [6.45, 7) is 3.01. The summed E-state index contributed by atoms with van der Waals surface area (Å²) in [5.41, 5.74) is 1.22. The molecule has 2 atom stereocenters. The minimum Gasteiger partial charge on any atom is -0.382 e. The maximum atomic E-state index is 5.58. The molecule has 2 aromatic carbocycles. The summed E-state index contributed by atoms with van der Waals surface area (Å²) < 4.78 is 5.58. The van der Waals surface area contributed by atoms with E-state index in [2.05, 4.69) is 54.7 Å². The zero-order chi connectivity index (χ0) is 12.4. The summed E-state index contributed by atoms with van der Waals surface area (Å²) >= 11 is 0. The van der Waals surface area contributed by atoms with Gasteiger partial charge in [0.2, 0.25) is 0 Å². The maximum Gasteiger partial charge on any atom is 0.0566 e. The molecule has 2 heteroatoms. The van der Waals surface area contributed by atoms with Crippen molar-refractivity contribution < 1.29 is 4.74 Å². The molecule has 3 rings (SSSR count). The number of benzene rings is 2. The van der Waals surface area contributed by atoms with Crippen molar-refractivity contribution in [1.29, 1.82) is 0 Å². The predicted molar refractivity (Wildman–Crippen MR) is 76.0 cm³/mol. The summed E-state index contributed by atoms with van der Waals surface area (Å²) in [6.07, 6.45) is 2.56. The highest BCUT2D eigenvalue weighted by Gasteiger charge is 2.18. The first-order valence-electron chi connectivity index (χ1n) is 6.68. The van der Waals surface area contributed by atoms with Crippen LogP contribution in [0, 0.1) is 0 Å². The van der Waals surface area contributed by atoms with Crippen LogP contribution in [0.1, 0.15) is 19.8 Å². The number of hydrogen-bond donors (Lipinski definition) is 1. The topological polar surface area (TPSA) is 21.3 Å². The zero-order valence-electron chi connectivity index (χ0n) is 10.7. The van der Waals surface area contributed by atoms with E-state index in [9.17, 15) is 0 Å². The molecule has 1 heterocycles. The first kappa shape index (κ1) is 11.5. The molecule has 0 radical (unpaired) electrons. The molecule has 1 N–H and O–H groups in total. The standard InChI is InChI=1S/C16H19NO/c1-12-10-16(8-9-18-12)17-15-7-6-13-4-2-3-5-14(13)11-15/h2-7,11-12,16-17H,8-10H2,1H3. The molecular formula is C16H19NO. The van der Waals surface area contributed by atoms with Crippen molar-refractivity contribution in [3.05, 3.63) is 42.5 Å². The summed E-state index contributed by atoms with van der Waals surface area (Å²) in [4.78, 5) is 0. The van der Waals surface area contributed by atoms with Crippen molar-refractivity contribution >= 4 is 16.5 Å². The molecule has 18 heavy (non-hydrogen) atoms. The van der Waals surface area contributed by atoms with Gasteiger partial charge in [0, 0.05) is 18.3 Å². The van der Waals surface area contributed by atoms with Crippen LogP contribution < -0.4 is 5.32 Å².